The lowest BCUT2D eigenvalue weighted by atomic mass is 10.1. The van der Waals surface area contributed by atoms with Gasteiger partial charge in [0.1, 0.15) is 6.04 Å². The first-order valence-electron chi connectivity index (χ1n) is 8.43. The minimum absolute atomic E-state index is 0. The van der Waals surface area contributed by atoms with E-state index in [0.717, 1.165) is 32.4 Å². The lowest BCUT2D eigenvalue weighted by molar-refractivity contribution is -0.137. The van der Waals surface area contributed by atoms with Crippen molar-refractivity contribution in [1.29, 1.82) is 0 Å². The maximum atomic E-state index is 12.8. The Balaban J connectivity index is 0.00000288. The highest BCUT2D eigenvalue weighted by atomic mass is 35.5. The number of fused-ring (bicyclic) bond motifs is 1. The van der Waals surface area contributed by atoms with Crippen molar-refractivity contribution in [2.24, 2.45) is 0 Å². The number of hydrogen-bond donors (Lipinski definition) is 2. The molecule has 0 spiro atoms. The lowest BCUT2D eigenvalue weighted by Crippen LogP contribution is -2.49. The molecule has 1 atom stereocenters. The van der Waals surface area contributed by atoms with Gasteiger partial charge in [0.2, 0.25) is 11.8 Å². The van der Waals surface area contributed by atoms with E-state index in [1.807, 2.05) is 18.9 Å². The molecule has 0 aliphatic carbocycles. The number of rotatable bonds is 8. The van der Waals surface area contributed by atoms with Crippen LogP contribution in [0.25, 0.3) is 0 Å². The maximum Gasteiger partial charge on any atom is 0.245 e. The fraction of sp³-hybridized carbons (Fsp3) is 0.647. The van der Waals surface area contributed by atoms with E-state index in [4.69, 9.17) is 0 Å². The van der Waals surface area contributed by atoms with E-state index in [1.165, 1.54) is 10.4 Å². The van der Waals surface area contributed by atoms with Crippen LogP contribution in [0.4, 0.5) is 0 Å². The molecule has 1 aromatic heterocycles. The van der Waals surface area contributed by atoms with Crippen molar-refractivity contribution in [3.63, 3.8) is 0 Å². The van der Waals surface area contributed by atoms with Crippen molar-refractivity contribution < 1.29 is 9.59 Å². The third-order valence-corrected chi connectivity index (χ3v) is 5.18. The van der Waals surface area contributed by atoms with E-state index < -0.39 is 0 Å². The third kappa shape index (κ3) is 5.76. The molecule has 0 fully saturated rings. The van der Waals surface area contributed by atoms with Gasteiger partial charge in [-0.15, -0.1) is 23.7 Å². The summed E-state index contributed by atoms with van der Waals surface area (Å²) in [4.78, 5) is 28.1. The summed E-state index contributed by atoms with van der Waals surface area (Å²) < 4.78 is 0. The van der Waals surface area contributed by atoms with E-state index >= 15 is 0 Å². The molecular weight excluding hydrogens is 346 g/mol. The molecule has 1 unspecified atom stereocenters. The number of nitrogens with zero attached hydrogens (tertiary/aromatic N) is 1. The van der Waals surface area contributed by atoms with Gasteiger partial charge in [-0.2, -0.15) is 0 Å². The third-order valence-electron chi connectivity index (χ3n) is 4.16. The summed E-state index contributed by atoms with van der Waals surface area (Å²) in [5.74, 6) is 0.0333. The first-order valence-corrected chi connectivity index (χ1v) is 9.31. The van der Waals surface area contributed by atoms with Crippen LogP contribution in [0.3, 0.4) is 0 Å². The number of carbonyl (C=O) groups is 2. The molecule has 0 saturated heterocycles. The Labute approximate surface area is 154 Å². The van der Waals surface area contributed by atoms with E-state index in [1.54, 1.807) is 11.3 Å². The molecule has 1 aromatic rings. The molecule has 7 heteroatoms. The summed E-state index contributed by atoms with van der Waals surface area (Å²) in [6.45, 7) is 4.28. The first kappa shape index (κ1) is 20.9. The van der Waals surface area contributed by atoms with Crippen molar-refractivity contribution >= 4 is 35.6 Å². The molecule has 1 aliphatic heterocycles. The van der Waals surface area contributed by atoms with Crippen LogP contribution in [0, 0.1) is 0 Å². The Hall–Kier alpha value is -1.11. The highest BCUT2D eigenvalue weighted by Crippen LogP contribution is 2.24. The van der Waals surface area contributed by atoms with Gasteiger partial charge in [-0.25, -0.2) is 0 Å². The van der Waals surface area contributed by atoms with Gasteiger partial charge in [0.25, 0.3) is 0 Å². The van der Waals surface area contributed by atoms with Crippen molar-refractivity contribution in [1.82, 2.24) is 15.5 Å². The van der Waals surface area contributed by atoms with Gasteiger partial charge in [-0.1, -0.05) is 13.3 Å². The molecule has 2 heterocycles. The number of amides is 2. The summed E-state index contributed by atoms with van der Waals surface area (Å²) in [6, 6.07) is 1.71. The molecule has 2 amide bonds. The fourth-order valence-electron chi connectivity index (χ4n) is 2.90. The molecule has 1 aliphatic rings. The van der Waals surface area contributed by atoms with Crippen LogP contribution < -0.4 is 10.6 Å². The largest absolute Gasteiger partial charge is 0.344 e. The predicted octanol–water partition coefficient (Wildman–Crippen LogP) is 2.34. The topological polar surface area (TPSA) is 61.4 Å². The van der Waals surface area contributed by atoms with E-state index in [0.29, 0.717) is 19.4 Å². The Morgan fingerprint density at radius 3 is 2.92 bits per heavy atom. The van der Waals surface area contributed by atoms with Crippen LogP contribution in [-0.4, -0.2) is 42.9 Å². The monoisotopic (exact) mass is 373 g/mol. The summed E-state index contributed by atoms with van der Waals surface area (Å²) in [5, 5.41) is 8.05. The Morgan fingerprint density at radius 2 is 2.21 bits per heavy atom. The summed E-state index contributed by atoms with van der Waals surface area (Å²) in [6.07, 6.45) is 3.75. The van der Waals surface area contributed by atoms with Gasteiger partial charge in [-0.3, -0.25) is 9.59 Å². The zero-order valence-corrected chi connectivity index (χ0v) is 16.1. The average Bonchev–Trinajstić information content (AvgIpc) is 3.01. The molecule has 0 aromatic carbocycles. The maximum absolute atomic E-state index is 12.8. The normalized spacial score (nSPS) is 14.5. The number of hydrogen-bond acceptors (Lipinski definition) is 4. The van der Waals surface area contributed by atoms with Gasteiger partial charge in [0, 0.05) is 24.4 Å². The predicted molar refractivity (Wildman–Crippen MR) is 101 cm³/mol. The van der Waals surface area contributed by atoms with Gasteiger partial charge >= 0.3 is 0 Å². The fourth-order valence-corrected chi connectivity index (χ4v) is 3.78. The molecule has 0 bridgehead atoms. The Bertz CT molecular complexity index is 536. The van der Waals surface area contributed by atoms with Crippen LogP contribution in [-0.2, 0) is 22.6 Å². The molecule has 0 radical (unpaired) electrons. The van der Waals surface area contributed by atoms with Crippen LogP contribution in [0.1, 0.15) is 43.0 Å². The SMILES string of the molecule is CCCC(NC(=O)CCCNC)C(=O)N1CCc2sccc2C1.Cl. The van der Waals surface area contributed by atoms with Crippen LogP contribution >= 0.6 is 23.7 Å². The number of carbonyl (C=O) groups excluding carboxylic acids is 2. The van der Waals surface area contributed by atoms with Gasteiger partial charge in [0.05, 0.1) is 0 Å². The molecule has 2 N–H and O–H groups in total. The molecule has 24 heavy (non-hydrogen) atoms. The molecule has 5 nitrogen and oxygen atoms in total. The second-order valence-electron chi connectivity index (χ2n) is 5.99. The van der Waals surface area contributed by atoms with Crippen LogP contribution in [0.15, 0.2) is 11.4 Å². The van der Waals surface area contributed by atoms with Crippen molar-refractivity contribution in [2.45, 2.75) is 51.6 Å². The standard InChI is InChI=1S/C17H27N3O2S.ClH/c1-3-5-14(19-16(21)6-4-9-18-2)17(22)20-10-7-15-13(12-20)8-11-23-15;/h8,11,14,18H,3-7,9-10,12H2,1-2H3,(H,19,21);1H. The van der Waals surface area contributed by atoms with Gasteiger partial charge in [-0.05, 0) is 49.9 Å². The van der Waals surface area contributed by atoms with Gasteiger partial charge < -0.3 is 15.5 Å². The average molecular weight is 374 g/mol. The minimum Gasteiger partial charge on any atom is -0.344 e. The molecule has 136 valence electrons. The second-order valence-corrected chi connectivity index (χ2v) is 7.00. The molecule has 2 rings (SSSR count). The Morgan fingerprint density at radius 1 is 1.42 bits per heavy atom. The van der Waals surface area contributed by atoms with E-state index in [-0.39, 0.29) is 30.3 Å². The number of halogens is 1. The number of nitrogens with one attached hydrogen (secondary N) is 2. The minimum atomic E-state index is -0.387. The Kier molecular flexibility index (Phi) is 9.33. The molecule has 0 saturated carbocycles. The zero-order chi connectivity index (χ0) is 16.7. The second kappa shape index (κ2) is 10.7. The van der Waals surface area contributed by atoms with E-state index in [2.05, 4.69) is 22.1 Å². The summed E-state index contributed by atoms with van der Waals surface area (Å²) in [5.41, 5.74) is 1.25. The number of thiophene rings is 1. The summed E-state index contributed by atoms with van der Waals surface area (Å²) in [7, 11) is 1.87. The van der Waals surface area contributed by atoms with Gasteiger partial charge in [0.15, 0.2) is 0 Å². The lowest BCUT2D eigenvalue weighted by Gasteiger charge is -2.31. The molecular formula is C17H28ClN3O2S. The first-order chi connectivity index (χ1) is 11.2. The smallest absolute Gasteiger partial charge is 0.245 e. The summed E-state index contributed by atoms with van der Waals surface area (Å²) >= 11 is 1.77. The van der Waals surface area contributed by atoms with Crippen molar-refractivity contribution in [2.75, 3.05) is 20.1 Å². The highest BCUT2D eigenvalue weighted by molar-refractivity contribution is 7.10. The van der Waals surface area contributed by atoms with Crippen molar-refractivity contribution in [3.05, 3.63) is 21.9 Å². The van der Waals surface area contributed by atoms with Crippen molar-refractivity contribution in [3.8, 4) is 0 Å². The van der Waals surface area contributed by atoms with Crippen LogP contribution in [0.2, 0.25) is 0 Å². The zero-order valence-electron chi connectivity index (χ0n) is 14.5. The van der Waals surface area contributed by atoms with Crippen LogP contribution in [0.5, 0.6) is 0 Å². The highest BCUT2D eigenvalue weighted by Gasteiger charge is 2.28. The quantitative estimate of drug-likeness (QED) is 0.687. The van der Waals surface area contributed by atoms with E-state index in [9.17, 15) is 9.59 Å².